The van der Waals surface area contributed by atoms with E-state index in [1.807, 2.05) is 0 Å². The molecule has 0 saturated carbocycles. The number of anilines is 1. The largest absolute Gasteiger partial charge is 0.407 e. The van der Waals surface area contributed by atoms with Crippen LogP contribution in [0.2, 0.25) is 18.1 Å². The van der Waals surface area contributed by atoms with E-state index < -0.39 is 45.0 Å². The zero-order valence-electron chi connectivity index (χ0n) is 19.5. The van der Waals surface area contributed by atoms with Crippen LogP contribution in [-0.4, -0.2) is 68.9 Å². The van der Waals surface area contributed by atoms with Crippen LogP contribution in [0, 0.1) is 5.92 Å². The molecule has 178 valence electrons. The van der Waals surface area contributed by atoms with Crippen LogP contribution in [0.3, 0.4) is 0 Å². The first kappa shape index (κ1) is 24.5. The Morgan fingerprint density at radius 3 is 2.62 bits per heavy atom. The SMILES string of the molecule is CC(C)C(=O)Nc1nc2c(ncn2[C@@H]2O[C@H](CO)[C@@H](O)[C@H]2O[Si](C)(C)C(C)(C)C)c(=O)[nH]1. The second-order valence-corrected chi connectivity index (χ2v) is 14.7. The van der Waals surface area contributed by atoms with E-state index in [0.717, 1.165) is 0 Å². The van der Waals surface area contributed by atoms with Gasteiger partial charge in [-0.25, -0.2) is 4.98 Å². The van der Waals surface area contributed by atoms with Crippen LogP contribution in [0.25, 0.3) is 11.2 Å². The summed E-state index contributed by atoms with van der Waals surface area (Å²) in [4.78, 5) is 35.6. The van der Waals surface area contributed by atoms with E-state index in [1.54, 1.807) is 13.8 Å². The monoisotopic (exact) mass is 467 g/mol. The van der Waals surface area contributed by atoms with Gasteiger partial charge in [0.05, 0.1) is 12.9 Å². The molecule has 4 N–H and O–H groups in total. The fourth-order valence-corrected chi connectivity index (χ4v) is 4.46. The molecule has 0 radical (unpaired) electrons. The highest BCUT2D eigenvalue weighted by molar-refractivity contribution is 6.74. The van der Waals surface area contributed by atoms with Gasteiger partial charge in [0.25, 0.3) is 5.56 Å². The highest BCUT2D eigenvalue weighted by Gasteiger charge is 2.50. The van der Waals surface area contributed by atoms with Gasteiger partial charge < -0.3 is 19.4 Å². The van der Waals surface area contributed by atoms with Crippen LogP contribution in [0.5, 0.6) is 0 Å². The van der Waals surface area contributed by atoms with Gasteiger partial charge in [0.1, 0.15) is 18.3 Å². The van der Waals surface area contributed by atoms with Crippen molar-refractivity contribution in [1.29, 1.82) is 0 Å². The third-order valence-corrected chi connectivity index (χ3v) is 10.7. The van der Waals surface area contributed by atoms with Crippen molar-refractivity contribution in [2.24, 2.45) is 5.92 Å². The van der Waals surface area contributed by atoms with Crippen molar-refractivity contribution in [3.05, 3.63) is 16.7 Å². The normalized spacial score (nSPS) is 24.4. The molecule has 1 amide bonds. The molecule has 1 aliphatic heterocycles. The standard InChI is InChI=1S/C20H33N5O6Si/c1-10(2)16(28)23-19-22-15-12(17(29)24-19)21-9-25(15)18-14(13(27)11(8-26)30-18)31-32(6,7)20(3,4)5/h9-11,13-14,18,26-27H,8H2,1-7H3,(H2,22,23,24,28,29)/t11-,13-,14-,18-/m1/s1. The van der Waals surface area contributed by atoms with Crippen molar-refractivity contribution in [1.82, 2.24) is 19.5 Å². The predicted molar refractivity (Wildman–Crippen MR) is 121 cm³/mol. The minimum absolute atomic E-state index is 0.0120. The number of hydrogen-bond donors (Lipinski definition) is 4. The van der Waals surface area contributed by atoms with Crippen molar-refractivity contribution in [2.75, 3.05) is 11.9 Å². The molecule has 0 aliphatic carbocycles. The zero-order chi connectivity index (χ0) is 24.0. The fourth-order valence-electron chi connectivity index (χ4n) is 3.17. The number of imidazole rings is 1. The Labute approximate surface area is 187 Å². The molecule has 2 aromatic heterocycles. The summed E-state index contributed by atoms with van der Waals surface area (Å²) in [6, 6.07) is 0. The molecule has 2 aromatic rings. The number of hydrogen-bond acceptors (Lipinski definition) is 8. The average molecular weight is 468 g/mol. The van der Waals surface area contributed by atoms with E-state index in [-0.39, 0.29) is 34.0 Å². The number of nitrogens with one attached hydrogen (secondary N) is 2. The smallest absolute Gasteiger partial charge is 0.280 e. The summed E-state index contributed by atoms with van der Waals surface area (Å²) in [6.45, 7) is 13.4. The maximum atomic E-state index is 12.5. The Bertz CT molecular complexity index is 1040. The summed E-state index contributed by atoms with van der Waals surface area (Å²) in [6.07, 6.45) is -2.24. The number of amides is 1. The van der Waals surface area contributed by atoms with Crippen molar-refractivity contribution in [2.45, 2.75) is 77.3 Å². The van der Waals surface area contributed by atoms with Crippen LogP contribution < -0.4 is 10.9 Å². The Morgan fingerprint density at radius 2 is 2.06 bits per heavy atom. The molecule has 12 heteroatoms. The lowest BCUT2D eigenvalue weighted by molar-refractivity contribution is -0.118. The number of aromatic amines is 1. The molecule has 3 heterocycles. The number of carbonyl (C=O) groups is 1. The first-order chi connectivity index (χ1) is 14.8. The molecule has 0 aromatic carbocycles. The summed E-state index contributed by atoms with van der Waals surface area (Å²) in [7, 11) is -2.33. The summed E-state index contributed by atoms with van der Waals surface area (Å²) in [5, 5.41) is 23.0. The molecule has 1 aliphatic rings. The molecule has 0 bridgehead atoms. The van der Waals surface area contributed by atoms with Crippen molar-refractivity contribution in [3.63, 3.8) is 0 Å². The van der Waals surface area contributed by atoms with Crippen LogP contribution in [0.15, 0.2) is 11.1 Å². The number of aliphatic hydroxyl groups is 2. The topological polar surface area (TPSA) is 152 Å². The van der Waals surface area contributed by atoms with Gasteiger partial charge in [0.2, 0.25) is 11.9 Å². The van der Waals surface area contributed by atoms with Crippen molar-refractivity contribution in [3.8, 4) is 0 Å². The minimum atomic E-state index is -2.33. The number of rotatable bonds is 6. The summed E-state index contributed by atoms with van der Waals surface area (Å²) >= 11 is 0. The summed E-state index contributed by atoms with van der Waals surface area (Å²) < 4.78 is 13.9. The van der Waals surface area contributed by atoms with Gasteiger partial charge in [0, 0.05) is 5.92 Å². The average Bonchev–Trinajstić information content (AvgIpc) is 3.22. The zero-order valence-corrected chi connectivity index (χ0v) is 20.5. The molecule has 0 unspecified atom stereocenters. The third kappa shape index (κ3) is 4.50. The fraction of sp³-hybridized carbons (Fsp3) is 0.700. The molecule has 0 spiro atoms. The van der Waals surface area contributed by atoms with E-state index >= 15 is 0 Å². The Balaban J connectivity index is 2.05. The number of aromatic nitrogens is 4. The van der Waals surface area contributed by atoms with Gasteiger partial charge in [-0.05, 0) is 18.1 Å². The van der Waals surface area contributed by atoms with Gasteiger partial charge in [-0.1, -0.05) is 34.6 Å². The molecular formula is C20H33N5O6Si. The van der Waals surface area contributed by atoms with E-state index in [0.29, 0.717) is 0 Å². The van der Waals surface area contributed by atoms with Gasteiger partial charge in [-0.3, -0.25) is 24.5 Å². The number of ether oxygens (including phenoxy) is 1. The van der Waals surface area contributed by atoms with Crippen molar-refractivity contribution >= 4 is 31.3 Å². The molecule has 32 heavy (non-hydrogen) atoms. The number of H-pyrrole nitrogens is 1. The lowest BCUT2D eigenvalue weighted by atomic mass is 10.1. The van der Waals surface area contributed by atoms with Gasteiger partial charge in [0.15, 0.2) is 25.7 Å². The molecule has 11 nitrogen and oxygen atoms in total. The maximum Gasteiger partial charge on any atom is 0.280 e. The molecule has 1 saturated heterocycles. The lowest BCUT2D eigenvalue weighted by Crippen LogP contribution is -2.48. The third-order valence-electron chi connectivity index (χ3n) is 6.20. The van der Waals surface area contributed by atoms with Crippen LogP contribution in [0.4, 0.5) is 5.95 Å². The molecular weight excluding hydrogens is 434 g/mol. The van der Waals surface area contributed by atoms with Crippen molar-refractivity contribution < 1.29 is 24.2 Å². The highest BCUT2D eigenvalue weighted by atomic mass is 28.4. The molecule has 4 atom stereocenters. The van der Waals surface area contributed by atoms with Gasteiger partial charge in [-0.2, -0.15) is 4.98 Å². The van der Waals surface area contributed by atoms with E-state index in [2.05, 4.69) is 54.1 Å². The van der Waals surface area contributed by atoms with Gasteiger partial charge >= 0.3 is 0 Å². The lowest BCUT2D eigenvalue weighted by Gasteiger charge is -2.40. The molecule has 1 fully saturated rings. The van der Waals surface area contributed by atoms with Crippen LogP contribution in [0.1, 0.15) is 40.8 Å². The number of nitrogens with zero attached hydrogens (tertiary/aromatic N) is 3. The van der Waals surface area contributed by atoms with Crippen LogP contribution in [-0.2, 0) is 14.0 Å². The second kappa shape index (κ2) is 8.67. The Kier molecular flexibility index (Phi) is 6.64. The summed E-state index contributed by atoms with van der Waals surface area (Å²) in [5.74, 6) is -0.616. The molecule has 3 rings (SSSR count). The predicted octanol–water partition coefficient (Wildman–Crippen LogP) is 1.36. The Hall–Kier alpha value is -2.12. The minimum Gasteiger partial charge on any atom is -0.407 e. The number of fused-ring (bicyclic) bond motifs is 1. The summed E-state index contributed by atoms with van der Waals surface area (Å²) in [5.41, 5.74) is -0.288. The van der Waals surface area contributed by atoms with E-state index in [9.17, 15) is 19.8 Å². The first-order valence-corrected chi connectivity index (χ1v) is 13.6. The second-order valence-electron chi connectivity index (χ2n) is 9.96. The highest BCUT2D eigenvalue weighted by Crippen LogP contribution is 2.42. The van der Waals surface area contributed by atoms with E-state index in [1.165, 1.54) is 10.9 Å². The number of carbonyl (C=O) groups excluding carboxylic acids is 1. The van der Waals surface area contributed by atoms with Crippen LogP contribution >= 0.6 is 0 Å². The Morgan fingerprint density at radius 1 is 1.41 bits per heavy atom. The maximum absolute atomic E-state index is 12.5. The van der Waals surface area contributed by atoms with E-state index in [4.69, 9.17) is 9.16 Å². The quantitative estimate of drug-likeness (QED) is 0.465. The number of aliphatic hydroxyl groups excluding tert-OH is 2. The van der Waals surface area contributed by atoms with Gasteiger partial charge in [-0.15, -0.1) is 0 Å². The first-order valence-electron chi connectivity index (χ1n) is 10.7.